The van der Waals surface area contributed by atoms with E-state index in [0.29, 0.717) is 25.4 Å². The second-order valence-corrected chi connectivity index (χ2v) is 9.51. The standard InChI is InChI=1S/C19H36N2O7S/c1-12(16(24)26-6)17(25)29-10-9-20-13(22)7-8-21-15(23)14-18(2,3)11-27-19(4,5)28-14/h12,14-15,17,21,23,25H,7-11H2,1-6H3,(H,20,22)/t12?,14-,15?,17?/m0/s1. The average Bonchev–Trinajstić information content (AvgIpc) is 2.65. The van der Waals surface area contributed by atoms with Gasteiger partial charge in [-0.1, -0.05) is 13.8 Å². The van der Waals surface area contributed by atoms with Crippen LogP contribution in [0.4, 0.5) is 0 Å². The van der Waals surface area contributed by atoms with Crippen molar-refractivity contribution in [2.24, 2.45) is 11.3 Å². The zero-order chi connectivity index (χ0) is 22.2. The van der Waals surface area contributed by atoms with Gasteiger partial charge in [-0.05, 0) is 20.8 Å². The molecule has 1 amide bonds. The predicted octanol–water partition coefficient (Wildman–Crippen LogP) is 0.439. The number of carbonyl (C=O) groups excluding carboxylic acids is 2. The second kappa shape index (κ2) is 11.5. The van der Waals surface area contributed by atoms with Crippen LogP contribution >= 0.6 is 11.8 Å². The third kappa shape index (κ3) is 8.77. The van der Waals surface area contributed by atoms with Crippen molar-refractivity contribution in [2.75, 3.05) is 32.6 Å². The van der Waals surface area contributed by atoms with Gasteiger partial charge in [-0.3, -0.25) is 14.9 Å². The molecule has 29 heavy (non-hydrogen) atoms. The average molecular weight is 437 g/mol. The summed E-state index contributed by atoms with van der Waals surface area (Å²) in [5.41, 5.74) is -1.26. The molecule has 1 rings (SSSR count). The number of carbonyl (C=O) groups is 2. The number of hydrogen-bond acceptors (Lipinski definition) is 9. The van der Waals surface area contributed by atoms with E-state index in [4.69, 9.17) is 9.47 Å². The lowest BCUT2D eigenvalue weighted by Gasteiger charge is -2.47. The molecule has 9 nitrogen and oxygen atoms in total. The van der Waals surface area contributed by atoms with Crippen molar-refractivity contribution in [1.82, 2.24) is 10.6 Å². The van der Waals surface area contributed by atoms with Gasteiger partial charge in [0.25, 0.3) is 0 Å². The number of esters is 1. The third-order valence-electron chi connectivity index (χ3n) is 4.68. The molecule has 1 saturated heterocycles. The normalized spacial score (nSPS) is 23.7. The van der Waals surface area contributed by atoms with Gasteiger partial charge in [0, 0.05) is 30.7 Å². The van der Waals surface area contributed by atoms with E-state index >= 15 is 0 Å². The summed E-state index contributed by atoms with van der Waals surface area (Å²) in [5.74, 6) is -1.59. The molecule has 0 aliphatic carbocycles. The molecule has 0 bridgehead atoms. The fourth-order valence-corrected chi connectivity index (χ4v) is 3.64. The van der Waals surface area contributed by atoms with Gasteiger partial charge in [0.05, 0.1) is 19.6 Å². The van der Waals surface area contributed by atoms with Gasteiger partial charge < -0.3 is 29.7 Å². The van der Waals surface area contributed by atoms with E-state index in [9.17, 15) is 19.8 Å². The number of methoxy groups -OCH3 is 1. The van der Waals surface area contributed by atoms with Gasteiger partial charge in [0.1, 0.15) is 17.8 Å². The molecule has 0 aromatic heterocycles. The second-order valence-electron chi connectivity index (χ2n) is 8.29. The summed E-state index contributed by atoms with van der Waals surface area (Å²) in [6.07, 6.45) is -1.20. The van der Waals surface area contributed by atoms with Crippen molar-refractivity contribution in [3.63, 3.8) is 0 Å². The molecule has 0 saturated carbocycles. The fourth-order valence-electron chi connectivity index (χ4n) is 2.78. The molecule has 4 N–H and O–H groups in total. The van der Waals surface area contributed by atoms with Crippen molar-refractivity contribution in [3.8, 4) is 0 Å². The number of hydrogen-bond donors (Lipinski definition) is 4. The molecule has 4 atom stereocenters. The summed E-state index contributed by atoms with van der Waals surface area (Å²) in [6.45, 7) is 10.2. The van der Waals surface area contributed by atoms with E-state index in [-0.39, 0.29) is 17.7 Å². The highest BCUT2D eigenvalue weighted by Gasteiger charge is 2.45. The zero-order valence-corrected chi connectivity index (χ0v) is 19.0. The fraction of sp³-hybridized carbons (Fsp3) is 0.895. The van der Waals surface area contributed by atoms with Crippen molar-refractivity contribution in [3.05, 3.63) is 0 Å². The van der Waals surface area contributed by atoms with Crippen LogP contribution in [-0.4, -0.2) is 78.2 Å². The van der Waals surface area contributed by atoms with Gasteiger partial charge in [0.2, 0.25) is 5.91 Å². The Bertz CT molecular complexity index is 545. The monoisotopic (exact) mass is 436 g/mol. The molecule has 0 radical (unpaired) electrons. The first-order valence-corrected chi connectivity index (χ1v) is 10.8. The van der Waals surface area contributed by atoms with Crippen LogP contribution in [0.1, 0.15) is 41.0 Å². The number of nitrogens with one attached hydrogen (secondary N) is 2. The Balaban J connectivity index is 2.25. The molecule has 0 aromatic carbocycles. The van der Waals surface area contributed by atoms with Crippen molar-refractivity contribution >= 4 is 23.6 Å². The summed E-state index contributed by atoms with van der Waals surface area (Å²) in [5, 5.41) is 26.0. The summed E-state index contributed by atoms with van der Waals surface area (Å²) in [6, 6.07) is 0. The Labute approximate surface area is 177 Å². The summed E-state index contributed by atoms with van der Waals surface area (Å²) in [7, 11) is 1.28. The summed E-state index contributed by atoms with van der Waals surface area (Å²) < 4.78 is 16.1. The van der Waals surface area contributed by atoms with Crippen LogP contribution in [0.15, 0.2) is 0 Å². The minimum atomic E-state index is -0.925. The minimum Gasteiger partial charge on any atom is -0.469 e. The molecule has 1 aliphatic heterocycles. The molecule has 0 spiro atoms. The third-order valence-corrected chi connectivity index (χ3v) is 5.87. The minimum absolute atomic E-state index is 0.173. The maximum Gasteiger partial charge on any atom is 0.311 e. The Kier molecular flexibility index (Phi) is 10.3. The van der Waals surface area contributed by atoms with Crippen LogP contribution in [0, 0.1) is 11.3 Å². The largest absolute Gasteiger partial charge is 0.469 e. The van der Waals surface area contributed by atoms with Crippen LogP contribution in [0.2, 0.25) is 0 Å². The number of amides is 1. The Morgan fingerprint density at radius 1 is 1.24 bits per heavy atom. The lowest BCUT2D eigenvalue weighted by Crippen LogP contribution is -2.58. The molecular formula is C19H36N2O7S. The molecule has 1 aliphatic rings. The van der Waals surface area contributed by atoms with Crippen LogP contribution in [0.25, 0.3) is 0 Å². The molecule has 170 valence electrons. The van der Waals surface area contributed by atoms with Crippen LogP contribution in [0.3, 0.4) is 0 Å². The molecule has 0 aromatic rings. The quantitative estimate of drug-likeness (QED) is 0.207. The van der Waals surface area contributed by atoms with Crippen molar-refractivity contribution in [1.29, 1.82) is 0 Å². The Morgan fingerprint density at radius 2 is 1.90 bits per heavy atom. The van der Waals surface area contributed by atoms with Crippen LogP contribution in [0.5, 0.6) is 0 Å². The van der Waals surface area contributed by atoms with Gasteiger partial charge in [-0.15, -0.1) is 11.8 Å². The number of rotatable bonds is 11. The maximum atomic E-state index is 11.9. The van der Waals surface area contributed by atoms with E-state index in [1.54, 1.807) is 20.8 Å². The molecule has 3 unspecified atom stereocenters. The van der Waals surface area contributed by atoms with Crippen LogP contribution < -0.4 is 10.6 Å². The van der Waals surface area contributed by atoms with E-state index in [1.807, 2.05) is 13.8 Å². The van der Waals surface area contributed by atoms with Gasteiger partial charge in [-0.25, -0.2) is 0 Å². The number of thioether (sulfide) groups is 1. The van der Waals surface area contributed by atoms with E-state index in [2.05, 4.69) is 15.4 Å². The first-order valence-electron chi connectivity index (χ1n) is 9.77. The maximum absolute atomic E-state index is 11.9. The van der Waals surface area contributed by atoms with E-state index in [1.165, 1.54) is 18.9 Å². The summed E-state index contributed by atoms with van der Waals surface area (Å²) in [4.78, 5) is 23.3. The lowest BCUT2D eigenvalue weighted by molar-refractivity contribution is -0.329. The first kappa shape index (κ1) is 26.1. The number of ether oxygens (including phenoxy) is 3. The molecule has 10 heteroatoms. The van der Waals surface area contributed by atoms with Gasteiger partial charge in [-0.2, -0.15) is 0 Å². The SMILES string of the molecule is COC(=O)C(C)C(O)SCCNC(=O)CCNC(O)[C@@H]1OC(C)(C)OCC1(C)C. The highest BCUT2D eigenvalue weighted by molar-refractivity contribution is 7.99. The van der Waals surface area contributed by atoms with Gasteiger partial charge >= 0.3 is 5.97 Å². The zero-order valence-electron chi connectivity index (χ0n) is 18.2. The molecule has 1 fully saturated rings. The van der Waals surface area contributed by atoms with Crippen molar-refractivity contribution in [2.45, 2.75) is 64.6 Å². The van der Waals surface area contributed by atoms with Gasteiger partial charge in [0.15, 0.2) is 5.79 Å². The van der Waals surface area contributed by atoms with E-state index in [0.717, 1.165) is 0 Å². The first-order chi connectivity index (χ1) is 13.4. The highest BCUT2D eigenvalue weighted by atomic mass is 32.2. The highest BCUT2D eigenvalue weighted by Crippen LogP contribution is 2.35. The van der Waals surface area contributed by atoms with E-state index < -0.39 is 35.4 Å². The smallest absolute Gasteiger partial charge is 0.311 e. The number of aliphatic hydroxyl groups excluding tert-OH is 2. The predicted molar refractivity (Wildman–Crippen MR) is 110 cm³/mol. The van der Waals surface area contributed by atoms with Crippen LogP contribution in [-0.2, 0) is 23.8 Å². The van der Waals surface area contributed by atoms with Crippen molar-refractivity contribution < 1.29 is 34.0 Å². The summed E-state index contributed by atoms with van der Waals surface area (Å²) >= 11 is 1.17. The lowest BCUT2D eigenvalue weighted by atomic mass is 9.85. The number of aliphatic hydroxyl groups is 2. The molecule has 1 heterocycles. The molecular weight excluding hydrogens is 400 g/mol. The topological polar surface area (TPSA) is 126 Å². The Morgan fingerprint density at radius 3 is 2.52 bits per heavy atom. The Hall–Kier alpha value is -0.910.